The van der Waals surface area contributed by atoms with Gasteiger partial charge in [-0.25, -0.2) is 9.37 Å². The molecule has 0 aliphatic heterocycles. The third-order valence-electron chi connectivity index (χ3n) is 1.39. The van der Waals surface area contributed by atoms with Crippen LogP contribution in [0.4, 0.5) is 4.39 Å². The lowest BCUT2D eigenvalue weighted by molar-refractivity contribution is 0.386. The van der Waals surface area contributed by atoms with E-state index < -0.39 is 6.17 Å². The Hall–Kier alpha value is -1.45. The molecule has 1 N–H and O–H groups in total. The standard InChI is InChI=1S/C8H9FN2O/c1-5(2)8(9)6-3-7(12)11-4-10-6/h3-4,8H,1H2,2H3,(H,10,11,12). The van der Waals surface area contributed by atoms with Gasteiger partial charge in [0.05, 0.1) is 12.0 Å². The maximum atomic E-state index is 13.1. The number of hydrogen-bond acceptors (Lipinski definition) is 2. The summed E-state index contributed by atoms with van der Waals surface area (Å²) in [6.07, 6.45) is -0.181. The first-order valence-electron chi connectivity index (χ1n) is 3.45. The number of aromatic amines is 1. The number of alkyl halides is 1. The second-order valence-corrected chi connectivity index (χ2v) is 2.54. The van der Waals surface area contributed by atoms with E-state index >= 15 is 0 Å². The Bertz CT molecular complexity index is 345. The van der Waals surface area contributed by atoms with Crippen LogP contribution in [-0.2, 0) is 0 Å². The van der Waals surface area contributed by atoms with E-state index in [2.05, 4.69) is 16.5 Å². The molecule has 1 atom stereocenters. The predicted octanol–water partition coefficient (Wildman–Crippen LogP) is 1.36. The highest BCUT2D eigenvalue weighted by molar-refractivity contribution is 5.13. The molecule has 1 heterocycles. The molecule has 0 fully saturated rings. The fourth-order valence-corrected chi connectivity index (χ4v) is 0.775. The average molecular weight is 168 g/mol. The minimum Gasteiger partial charge on any atom is -0.313 e. The normalized spacial score (nSPS) is 12.5. The first-order valence-corrected chi connectivity index (χ1v) is 3.45. The van der Waals surface area contributed by atoms with Crippen molar-refractivity contribution >= 4 is 0 Å². The summed E-state index contributed by atoms with van der Waals surface area (Å²) in [6, 6.07) is 1.12. The van der Waals surface area contributed by atoms with E-state index in [0.717, 1.165) is 6.07 Å². The monoisotopic (exact) mass is 168 g/mol. The Kier molecular flexibility index (Phi) is 2.38. The van der Waals surface area contributed by atoms with E-state index in [0.29, 0.717) is 5.57 Å². The third kappa shape index (κ3) is 1.78. The van der Waals surface area contributed by atoms with Gasteiger partial charge in [-0.05, 0) is 12.5 Å². The Labute approximate surface area is 69.0 Å². The van der Waals surface area contributed by atoms with Crippen LogP contribution >= 0.6 is 0 Å². The molecule has 0 aliphatic carbocycles. The molecule has 0 aliphatic rings. The van der Waals surface area contributed by atoms with E-state index in [9.17, 15) is 9.18 Å². The molecule has 0 spiro atoms. The van der Waals surface area contributed by atoms with E-state index in [-0.39, 0.29) is 11.3 Å². The third-order valence-corrected chi connectivity index (χ3v) is 1.39. The van der Waals surface area contributed by atoms with Gasteiger partial charge in [0, 0.05) is 6.07 Å². The van der Waals surface area contributed by atoms with Crippen molar-refractivity contribution in [3.8, 4) is 0 Å². The van der Waals surface area contributed by atoms with E-state index in [4.69, 9.17) is 0 Å². The molecular weight excluding hydrogens is 159 g/mol. The fraction of sp³-hybridized carbons (Fsp3) is 0.250. The minimum absolute atomic E-state index is 0.103. The molecule has 0 aromatic carbocycles. The highest BCUT2D eigenvalue weighted by atomic mass is 19.1. The lowest BCUT2D eigenvalue weighted by Gasteiger charge is -2.04. The first-order chi connectivity index (χ1) is 5.61. The summed E-state index contributed by atoms with van der Waals surface area (Å²) in [5, 5.41) is 0. The average Bonchev–Trinajstić information content (AvgIpc) is 2.03. The second-order valence-electron chi connectivity index (χ2n) is 2.54. The molecule has 0 amide bonds. The number of H-pyrrole nitrogens is 1. The number of halogens is 1. The van der Waals surface area contributed by atoms with Crippen molar-refractivity contribution in [1.29, 1.82) is 0 Å². The van der Waals surface area contributed by atoms with Crippen molar-refractivity contribution < 1.29 is 4.39 Å². The molecule has 0 saturated carbocycles. The van der Waals surface area contributed by atoms with Crippen LogP contribution in [0.3, 0.4) is 0 Å². The van der Waals surface area contributed by atoms with E-state index in [1.165, 1.54) is 6.33 Å². The fourth-order valence-electron chi connectivity index (χ4n) is 0.775. The Balaban J connectivity index is 3.03. The predicted molar refractivity (Wildman–Crippen MR) is 43.5 cm³/mol. The zero-order chi connectivity index (χ0) is 9.14. The van der Waals surface area contributed by atoms with Crippen LogP contribution in [0, 0.1) is 0 Å². The van der Waals surface area contributed by atoms with Gasteiger partial charge in [0.25, 0.3) is 5.56 Å². The zero-order valence-electron chi connectivity index (χ0n) is 6.67. The molecule has 0 bridgehead atoms. The van der Waals surface area contributed by atoms with Gasteiger partial charge < -0.3 is 4.98 Å². The van der Waals surface area contributed by atoms with Gasteiger partial charge in [-0.1, -0.05) is 6.58 Å². The van der Waals surface area contributed by atoms with Crippen LogP contribution in [0.5, 0.6) is 0 Å². The van der Waals surface area contributed by atoms with Gasteiger partial charge in [-0.2, -0.15) is 0 Å². The largest absolute Gasteiger partial charge is 0.313 e. The van der Waals surface area contributed by atoms with E-state index in [1.807, 2.05) is 0 Å². The highest BCUT2D eigenvalue weighted by Gasteiger charge is 2.11. The summed E-state index contributed by atoms with van der Waals surface area (Å²) >= 11 is 0. The molecule has 1 aromatic heterocycles. The Morgan fingerprint density at radius 3 is 3.00 bits per heavy atom. The molecule has 4 heteroatoms. The number of nitrogens with one attached hydrogen (secondary N) is 1. The van der Waals surface area contributed by atoms with E-state index in [1.54, 1.807) is 6.92 Å². The Morgan fingerprint density at radius 2 is 2.50 bits per heavy atom. The van der Waals surface area contributed by atoms with Crippen LogP contribution in [0.25, 0.3) is 0 Å². The number of allylic oxidation sites excluding steroid dienone is 1. The summed E-state index contributed by atoms with van der Waals surface area (Å²) in [6.45, 7) is 4.98. The molecular formula is C8H9FN2O. The van der Waals surface area contributed by atoms with Crippen LogP contribution in [0.2, 0.25) is 0 Å². The molecule has 1 aromatic rings. The summed E-state index contributed by atoms with van der Waals surface area (Å²) in [5.74, 6) is 0. The van der Waals surface area contributed by atoms with Crippen molar-refractivity contribution in [2.75, 3.05) is 0 Å². The van der Waals surface area contributed by atoms with Crippen molar-refractivity contribution in [2.24, 2.45) is 0 Å². The number of hydrogen-bond donors (Lipinski definition) is 1. The molecule has 0 saturated heterocycles. The number of nitrogens with zero attached hydrogens (tertiary/aromatic N) is 1. The van der Waals surface area contributed by atoms with Crippen molar-refractivity contribution in [1.82, 2.24) is 9.97 Å². The highest BCUT2D eigenvalue weighted by Crippen LogP contribution is 2.20. The van der Waals surface area contributed by atoms with Crippen LogP contribution in [0.1, 0.15) is 18.8 Å². The summed E-state index contributed by atoms with van der Waals surface area (Å²) in [5.41, 5.74) is 0.0863. The minimum atomic E-state index is -1.35. The summed E-state index contributed by atoms with van der Waals surface area (Å²) in [4.78, 5) is 16.7. The lowest BCUT2D eigenvalue weighted by atomic mass is 10.1. The summed E-state index contributed by atoms with van der Waals surface area (Å²) < 4.78 is 13.1. The molecule has 0 radical (unpaired) electrons. The maximum Gasteiger partial charge on any atom is 0.251 e. The van der Waals surface area contributed by atoms with Crippen LogP contribution in [-0.4, -0.2) is 9.97 Å². The van der Waals surface area contributed by atoms with Crippen LogP contribution in [0.15, 0.2) is 29.3 Å². The smallest absolute Gasteiger partial charge is 0.251 e. The van der Waals surface area contributed by atoms with Gasteiger partial charge in [-0.15, -0.1) is 0 Å². The first kappa shape index (κ1) is 8.64. The van der Waals surface area contributed by atoms with Crippen LogP contribution < -0.4 is 5.56 Å². The second kappa shape index (κ2) is 3.30. The Morgan fingerprint density at radius 1 is 1.83 bits per heavy atom. The van der Waals surface area contributed by atoms with Gasteiger partial charge in [0.2, 0.25) is 0 Å². The zero-order valence-corrected chi connectivity index (χ0v) is 6.67. The van der Waals surface area contributed by atoms with Crippen molar-refractivity contribution in [2.45, 2.75) is 13.1 Å². The van der Waals surface area contributed by atoms with Gasteiger partial charge in [0.1, 0.15) is 0 Å². The molecule has 3 nitrogen and oxygen atoms in total. The molecule has 64 valence electrons. The lowest BCUT2D eigenvalue weighted by Crippen LogP contribution is -2.08. The van der Waals surface area contributed by atoms with Crippen molar-refractivity contribution in [3.05, 3.63) is 40.6 Å². The van der Waals surface area contributed by atoms with Gasteiger partial charge in [0.15, 0.2) is 6.17 Å². The SMILES string of the molecule is C=C(C)C(F)c1cc(=O)[nH]cn1. The summed E-state index contributed by atoms with van der Waals surface area (Å²) in [7, 11) is 0. The molecule has 12 heavy (non-hydrogen) atoms. The molecule has 1 unspecified atom stereocenters. The molecule has 1 rings (SSSR count). The quantitative estimate of drug-likeness (QED) is 0.677. The topological polar surface area (TPSA) is 45.8 Å². The maximum absolute atomic E-state index is 13.1. The number of rotatable bonds is 2. The van der Waals surface area contributed by atoms with Gasteiger partial charge >= 0.3 is 0 Å². The van der Waals surface area contributed by atoms with Crippen molar-refractivity contribution in [3.63, 3.8) is 0 Å². The number of aromatic nitrogens is 2. The van der Waals surface area contributed by atoms with Gasteiger partial charge in [-0.3, -0.25) is 4.79 Å².